The molecule has 1 aliphatic rings. The summed E-state index contributed by atoms with van der Waals surface area (Å²) in [4.78, 5) is 13.8. The molecule has 138 valence electrons. The van der Waals surface area contributed by atoms with Crippen molar-refractivity contribution in [2.75, 3.05) is 45.7 Å². The number of amides is 1. The third-order valence-electron chi connectivity index (χ3n) is 3.43. The lowest BCUT2D eigenvalue weighted by molar-refractivity contribution is -0.115. The highest BCUT2D eigenvalue weighted by atomic mass is 35.5. The lowest BCUT2D eigenvalue weighted by atomic mass is 10.3. The van der Waals surface area contributed by atoms with Crippen LogP contribution in [0.1, 0.15) is 12.8 Å². The van der Waals surface area contributed by atoms with Gasteiger partial charge in [0.25, 0.3) is 0 Å². The molecule has 1 saturated carbocycles. The number of ether oxygens (including phenoxy) is 1. The van der Waals surface area contributed by atoms with Crippen molar-refractivity contribution < 1.29 is 9.53 Å². The van der Waals surface area contributed by atoms with Crippen LogP contribution in [0.25, 0.3) is 0 Å². The number of hydrogen-bond acceptors (Lipinski definition) is 4. The van der Waals surface area contributed by atoms with Gasteiger partial charge in [-0.2, -0.15) is 0 Å². The zero-order chi connectivity index (χ0) is 15.9. The molecule has 2 rings (SSSR count). The van der Waals surface area contributed by atoms with E-state index in [0.717, 1.165) is 19.0 Å². The van der Waals surface area contributed by atoms with Gasteiger partial charge in [0.15, 0.2) is 0 Å². The zero-order valence-corrected chi connectivity index (χ0v) is 16.4. The fourth-order valence-corrected chi connectivity index (χ4v) is 2.19. The molecule has 24 heavy (non-hydrogen) atoms. The number of rotatable bonds is 9. The molecule has 1 fully saturated rings. The number of halogens is 3. The van der Waals surface area contributed by atoms with Crippen molar-refractivity contribution in [2.24, 2.45) is 5.92 Å². The topological polar surface area (TPSA) is 53.6 Å². The van der Waals surface area contributed by atoms with Crippen LogP contribution in [0.3, 0.4) is 0 Å². The first-order chi connectivity index (χ1) is 10.5. The van der Waals surface area contributed by atoms with Crippen molar-refractivity contribution in [3.63, 3.8) is 0 Å². The fraction of sp³-hybridized carbons (Fsp3) is 0.562. The minimum atomic E-state index is -0.0574. The van der Waals surface area contributed by atoms with E-state index in [4.69, 9.17) is 16.3 Å². The van der Waals surface area contributed by atoms with Gasteiger partial charge in [-0.15, -0.1) is 24.8 Å². The summed E-state index contributed by atoms with van der Waals surface area (Å²) < 4.78 is 5.61. The molecule has 0 heterocycles. The second-order valence-corrected chi connectivity index (χ2v) is 6.33. The molecule has 0 spiro atoms. The van der Waals surface area contributed by atoms with Gasteiger partial charge < -0.3 is 20.3 Å². The molecule has 0 unspecified atom stereocenters. The third-order valence-corrected chi connectivity index (χ3v) is 3.72. The number of carbonyl (C=O) groups excluding carboxylic acids is 1. The Labute approximate surface area is 161 Å². The average molecular weight is 399 g/mol. The molecule has 1 aliphatic carbocycles. The minimum Gasteiger partial charge on any atom is -0.491 e. The van der Waals surface area contributed by atoms with E-state index in [0.29, 0.717) is 29.6 Å². The largest absolute Gasteiger partial charge is 0.491 e. The summed E-state index contributed by atoms with van der Waals surface area (Å²) in [7, 11) is 3.97. The van der Waals surface area contributed by atoms with Crippen LogP contribution < -0.4 is 15.4 Å². The van der Waals surface area contributed by atoms with Crippen LogP contribution in [0.2, 0.25) is 5.02 Å². The van der Waals surface area contributed by atoms with Crippen LogP contribution in [-0.4, -0.2) is 51.1 Å². The van der Waals surface area contributed by atoms with Crippen molar-refractivity contribution in [2.45, 2.75) is 12.8 Å². The molecular formula is C16H26Cl3N3O2. The number of nitrogens with one attached hydrogen (secondary N) is 2. The van der Waals surface area contributed by atoms with E-state index >= 15 is 0 Å². The Hall–Kier alpha value is -0.720. The quantitative estimate of drug-likeness (QED) is 0.671. The Morgan fingerprint density at radius 2 is 2.04 bits per heavy atom. The van der Waals surface area contributed by atoms with Crippen LogP contribution in [0.15, 0.2) is 18.2 Å². The summed E-state index contributed by atoms with van der Waals surface area (Å²) in [5.74, 6) is 1.34. The summed E-state index contributed by atoms with van der Waals surface area (Å²) >= 11 is 6.18. The molecule has 0 saturated heterocycles. The monoisotopic (exact) mass is 397 g/mol. The molecular weight excluding hydrogens is 373 g/mol. The third kappa shape index (κ3) is 8.94. The summed E-state index contributed by atoms with van der Waals surface area (Å²) in [6.07, 6.45) is 2.55. The van der Waals surface area contributed by atoms with Crippen molar-refractivity contribution in [1.82, 2.24) is 10.2 Å². The van der Waals surface area contributed by atoms with Crippen molar-refractivity contribution in [3.05, 3.63) is 23.2 Å². The lowest BCUT2D eigenvalue weighted by Crippen LogP contribution is -2.29. The maximum atomic E-state index is 11.8. The van der Waals surface area contributed by atoms with Crippen LogP contribution in [0, 0.1) is 5.92 Å². The van der Waals surface area contributed by atoms with Gasteiger partial charge in [-0.25, -0.2) is 0 Å². The van der Waals surface area contributed by atoms with E-state index < -0.39 is 0 Å². The molecule has 0 bridgehead atoms. The Bertz CT molecular complexity index is 511. The average Bonchev–Trinajstić information content (AvgIpc) is 3.25. The second-order valence-electron chi connectivity index (χ2n) is 5.92. The van der Waals surface area contributed by atoms with Gasteiger partial charge in [0.2, 0.25) is 5.91 Å². The molecule has 8 heteroatoms. The van der Waals surface area contributed by atoms with Gasteiger partial charge in [-0.05, 0) is 57.6 Å². The van der Waals surface area contributed by atoms with Crippen LogP contribution >= 0.6 is 36.4 Å². The van der Waals surface area contributed by atoms with Gasteiger partial charge in [-0.3, -0.25) is 4.79 Å². The van der Waals surface area contributed by atoms with Crippen LogP contribution in [0.5, 0.6) is 5.75 Å². The maximum Gasteiger partial charge on any atom is 0.238 e. The number of anilines is 1. The van der Waals surface area contributed by atoms with Gasteiger partial charge in [0.05, 0.1) is 11.6 Å². The van der Waals surface area contributed by atoms with Gasteiger partial charge in [-0.1, -0.05) is 11.6 Å². The highest BCUT2D eigenvalue weighted by molar-refractivity contribution is 6.32. The van der Waals surface area contributed by atoms with Crippen molar-refractivity contribution >= 4 is 48.0 Å². The predicted molar refractivity (Wildman–Crippen MR) is 104 cm³/mol. The van der Waals surface area contributed by atoms with Crippen LogP contribution in [-0.2, 0) is 4.79 Å². The standard InChI is InChI=1S/C16H24ClN3O2.2ClH/c1-20(2)7-8-22-15-6-5-13(9-14(15)17)19-16(21)11-18-10-12-3-4-12;;/h5-6,9,12,18H,3-4,7-8,10-11H2,1-2H3,(H,19,21);2*1H. The number of nitrogens with zero attached hydrogens (tertiary/aromatic N) is 1. The minimum absolute atomic E-state index is 0. The van der Waals surface area contributed by atoms with Crippen molar-refractivity contribution in [1.29, 1.82) is 0 Å². The summed E-state index contributed by atoms with van der Waals surface area (Å²) in [6.45, 7) is 2.65. The first kappa shape index (κ1) is 23.3. The number of carbonyl (C=O) groups is 1. The first-order valence-corrected chi connectivity index (χ1v) is 8.00. The van der Waals surface area contributed by atoms with Crippen LogP contribution in [0.4, 0.5) is 5.69 Å². The maximum absolute atomic E-state index is 11.8. The zero-order valence-electron chi connectivity index (χ0n) is 14.0. The first-order valence-electron chi connectivity index (χ1n) is 7.62. The highest BCUT2D eigenvalue weighted by Gasteiger charge is 2.20. The summed E-state index contributed by atoms with van der Waals surface area (Å²) in [6, 6.07) is 5.30. The molecule has 2 N–H and O–H groups in total. The van der Waals surface area contributed by atoms with E-state index in [1.54, 1.807) is 18.2 Å². The normalized spacial score (nSPS) is 13.0. The molecule has 0 radical (unpaired) electrons. The summed E-state index contributed by atoms with van der Waals surface area (Å²) in [5, 5.41) is 6.49. The predicted octanol–water partition coefficient (Wildman–Crippen LogP) is 3.06. The van der Waals surface area contributed by atoms with E-state index in [-0.39, 0.29) is 30.7 Å². The highest BCUT2D eigenvalue weighted by Crippen LogP contribution is 2.28. The Balaban J connectivity index is 0.00000264. The molecule has 1 aromatic carbocycles. The molecule has 1 aromatic rings. The Morgan fingerprint density at radius 1 is 1.33 bits per heavy atom. The van der Waals surface area contributed by atoms with E-state index in [1.165, 1.54) is 12.8 Å². The number of benzene rings is 1. The van der Waals surface area contributed by atoms with E-state index in [2.05, 4.69) is 10.6 Å². The molecule has 0 aromatic heterocycles. The SMILES string of the molecule is CN(C)CCOc1ccc(NC(=O)CNCC2CC2)cc1Cl.Cl.Cl. The number of likely N-dealkylation sites (N-methyl/N-ethyl adjacent to an activating group) is 1. The molecule has 0 aliphatic heterocycles. The Kier molecular flexibility index (Phi) is 11.4. The van der Waals surface area contributed by atoms with Crippen molar-refractivity contribution in [3.8, 4) is 5.75 Å². The van der Waals surface area contributed by atoms with Gasteiger partial charge >= 0.3 is 0 Å². The molecule has 0 atom stereocenters. The second kappa shape index (κ2) is 11.8. The van der Waals surface area contributed by atoms with E-state index in [9.17, 15) is 4.79 Å². The van der Waals surface area contributed by atoms with E-state index in [1.807, 2.05) is 19.0 Å². The summed E-state index contributed by atoms with van der Waals surface area (Å²) in [5.41, 5.74) is 0.684. The van der Waals surface area contributed by atoms with Gasteiger partial charge in [0.1, 0.15) is 12.4 Å². The molecule has 1 amide bonds. The molecule has 5 nitrogen and oxygen atoms in total. The lowest BCUT2D eigenvalue weighted by Gasteiger charge is -2.13. The Morgan fingerprint density at radius 3 is 2.62 bits per heavy atom. The van der Waals surface area contributed by atoms with Gasteiger partial charge in [0, 0.05) is 12.2 Å². The smallest absolute Gasteiger partial charge is 0.238 e. The fourth-order valence-electron chi connectivity index (χ4n) is 1.95. The number of hydrogen-bond donors (Lipinski definition) is 2.